The van der Waals surface area contributed by atoms with Crippen LogP contribution >= 0.6 is 11.3 Å². The van der Waals surface area contributed by atoms with Gasteiger partial charge >= 0.3 is 0 Å². The minimum Gasteiger partial charge on any atom is -0.370 e. The molecule has 0 aliphatic rings. The molecular formula is C11H19N3S. The monoisotopic (exact) mass is 225 g/mol. The Morgan fingerprint density at radius 2 is 2.40 bits per heavy atom. The minimum absolute atomic E-state index is 0.297. The van der Waals surface area contributed by atoms with Crippen molar-refractivity contribution in [1.29, 1.82) is 0 Å². The second-order valence-corrected chi connectivity index (χ2v) is 4.37. The highest BCUT2D eigenvalue weighted by Crippen LogP contribution is 2.21. The van der Waals surface area contributed by atoms with Crippen molar-refractivity contribution in [2.45, 2.75) is 32.7 Å². The SMILES string of the molecule is CCCN=C(N)NC(CC)c1cccs1. The lowest BCUT2D eigenvalue weighted by Gasteiger charge is -2.15. The van der Waals surface area contributed by atoms with E-state index in [1.807, 2.05) is 0 Å². The lowest BCUT2D eigenvalue weighted by molar-refractivity contribution is 0.630. The largest absolute Gasteiger partial charge is 0.370 e. The van der Waals surface area contributed by atoms with Crippen molar-refractivity contribution < 1.29 is 0 Å². The predicted molar refractivity (Wildman–Crippen MR) is 67.3 cm³/mol. The molecule has 3 N–H and O–H groups in total. The van der Waals surface area contributed by atoms with Gasteiger partial charge in [-0.05, 0) is 24.3 Å². The van der Waals surface area contributed by atoms with Crippen LogP contribution in [0.2, 0.25) is 0 Å². The highest BCUT2D eigenvalue weighted by Gasteiger charge is 2.09. The Hall–Kier alpha value is -1.03. The van der Waals surface area contributed by atoms with Gasteiger partial charge in [0.2, 0.25) is 0 Å². The molecule has 0 aromatic carbocycles. The summed E-state index contributed by atoms with van der Waals surface area (Å²) in [7, 11) is 0. The van der Waals surface area contributed by atoms with Gasteiger partial charge in [-0.25, -0.2) is 0 Å². The summed E-state index contributed by atoms with van der Waals surface area (Å²) < 4.78 is 0. The molecule has 0 amide bonds. The van der Waals surface area contributed by atoms with E-state index in [9.17, 15) is 0 Å². The van der Waals surface area contributed by atoms with Gasteiger partial charge in [-0.2, -0.15) is 0 Å². The molecule has 0 bridgehead atoms. The standard InChI is InChI=1S/C11H19N3S/c1-3-7-13-11(12)14-9(4-2)10-6-5-8-15-10/h5-6,8-9H,3-4,7H2,1-2H3,(H3,12,13,14). The van der Waals surface area contributed by atoms with Gasteiger partial charge in [-0.3, -0.25) is 4.99 Å². The zero-order valence-electron chi connectivity index (χ0n) is 9.36. The van der Waals surface area contributed by atoms with Gasteiger partial charge in [-0.1, -0.05) is 19.9 Å². The molecule has 1 unspecified atom stereocenters. The van der Waals surface area contributed by atoms with Crippen LogP contribution in [0.1, 0.15) is 37.6 Å². The maximum absolute atomic E-state index is 5.79. The van der Waals surface area contributed by atoms with Crippen LogP contribution in [0.15, 0.2) is 22.5 Å². The Morgan fingerprint density at radius 1 is 1.60 bits per heavy atom. The van der Waals surface area contributed by atoms with Crippen LogP contribution in [-0.4, -0.2) is 12.5 Å². The zero-order valence-corrected chi connectivity index (χ0v) is 10.2. The van der Waals surface area contributed by atoms with Crippen LogP contribution in [-0.2, 0) is 0 Å². The van der Waals surface area contributed by atoms with Crippen LogP contribution in [0, 0.1) is 0 Å². The Bertz CT molecular complexity index is 293. The fourth-order valence-corrected chi connectivity index (χ4v) is 2.18. The quantitative estimate of drug-likeness (QED) is 0.597. The first-order valence-electron chi connectivity index (χ1n) is 5.37. The van der Waals surface area contributed by atoms with E-state index < -0.39 is 0 Å². The van der Waals surface area contributed by atoms with Crippen molar-refractivity contribution in [3.8, 4) is 0 Å². The summed E-state index contributed by atoms with van der Waals surface area (Å²) in [6, 6.07) is 4.48. The molecule has 0 radical (unpaired) electrons. The average Bonchev–Trinajstić information content (AvgIpc) is 2.76. The lowest BCUT2D eigenvalue weighted by atomic mass is 10.2. The van der Waals surface area contributed by atoms with Crippen molar-refractivity contribution in [3.63, 3.8) is 0 Å². The third-order valence-electron chi connectivity index (χ3n) is 2.12. The summed E-state index contributed by atoms with van der Waals surface area (Å²) in [5, 5.41) is 5.32. The number of guanidine groups is 1. The summed E-state index contributed by atoms with van der Waals surface area (Å²) in [5.74, 6) is 0.553. The van der Waals surface area contributed by atoms with E-state index in [0.29, 0.717) is 12.0 Å². The molecule has 0 saturated heterocycles. The normalized spacial score (nSPS) is 13.9. The minimum atomic E-state index is 0.297. The zero-order chi connectivity index (χ0) is 11.1. The van der Waals surface area contributed by atoms with Gasteiger partial charge < -0.3 is 11.1 Å². The molecule has 1 rings (SSSR count). The molecule has 84 valence electrons. The van der Waals surface area contributed by atoms with E-state index in [-0.39, 0.29) is 0 Å². The van der Waals surface area contributed by atoms with Crippen LogP contribution in [0.3, 0.4) is 0 Å². The third kappa shape index (κ3) is 3.91. The maximum Gasteiger partial charge on any atom is 0.189 e. The average molecular weight is 225 g/mol. The van der Waals surface area contributed by atoms with Crippen molar-refractivity contribution >= 4 is 17.3 Å². The van der Waals surface area contributed by atoms with Gasteiger partial charge in [0.15, 0.2) is 5.96 Å². The van der Waals surface area contributed by atoms with Crippen molar-refractivity contribution in [1.82, 2.24) is 5.32 Å². The topological polar surface area (TPSA) is 50.4 Å². The van der Waals surface area contributed by atoms with Gasteiger partial charge in [0.1, 0.15) is 0 Å². The van der Waals surface area contributed by atoms with E-state index in [1.54, 1.807) is 11.3 Å². The number of thiophene rings is 1. The number of hydrogen-bond donors (Lipinski definition) is 2. The van der Waals surface area contributed by atoms with Gasteiger partial charge in [-0.15, -0.1) is 11.3 Å². The number of hydrogen-bond acceptors (Lipinski definition) is 2. The summed E-state index contributed by atoms with van der Waals surface area (Å²) in [6.45, 7) is 5.03. The summed E-state index contributed by atoms with van der Waals surface area (Å²) in [5.41, 5.74) is 5.79. The first kappa shape index (κ1) is 12.0. The molecule has 3 nitrogen and oxygen atoms in total. The molecule has 0 aliphatic carbocycles. The van der Waals surface area contributed by atoms with Crippen LogP contribution in [0.5, 0.6) is 0 Å². The number of nitrogens with zero attached hydrogens (tertiary/aromatic N) is 1. The first-order chi connectivity index (χ1) is 7.27. The lowest BCUT2D eigenvalue weighted by Crippen LogP contribution is -2.34. The van der Waals surface area contributed by atoms with Crippen LogP contribution < -0.4 is 11.1 Å². The molecule has 0 spiro atoms. The predicted octanol–water partition coefficient (Wildman–Crippen LogP) is 2.51. The number of nitrogens with one attached hydrogen (secondary N) is 1. The maximum atomic E-state index is 5.79. The molecule has 1 aromatic heterocycles. The highest BCUT2D eigenvalue weighted by atomic mass is 32.1. The Labute approximate surface area is 95.4 Å². The van der Waals surface area contributed by atoms with E-state index in [0.717, 1.165) is 19.4 Å². The van der Waals surface area contributed by atoms with Crippen molar-refractivity contribution in [2.24, 2.45) is 10.7 Å². The van der Waals surface area contributed by atoms with E-state index in [1.165, 1.54) is 4.88 Å². The Balaban J connectivity index is 2.54. The van der Waals surface area contributed by atoms with E-state index >= 15 is 0 Å². The number of rotatable bonds is 5. The smallest absolute Gasteiger partial charge is 0.189 e. The molecule has 4 heteroatoms. The van der Waals surface area contributed by atoms with E-state index in [2.05, 4.69) is 41.7 Å². The summed E-state index contributed by atoms with van der Waals surface area (Å²) in [4.78, 5) is 5.54. The fourth-order valence-electron chi connectivity index (χ4n) is 1.32. The van der Waals surface area contributed by atoms with Crippen LogP contribution in [0.4, 0.5) is 0 Å². The van der Waals surface area contributed by atoms with Crippen molar-refractivity contribution in [2.75, 3.05) is 6.54 Å². The molecule has 1 aromatic rings. The Kier molecular flexibility index (Phi) is 5.18. The Morgan fingerprint density at radius 3 is 2.93 bits per heavy atom. The number of nitrogens with two attached hydrogens (primary N) is 1. The van der Waals surface area contributed by atoms with Gasteiger partial charge in [0, 0.05) is 11.4 Å². The van der Waals surface area contributed by atoms with Gasteiger partial charge in [0.05, 0.1) is 6.04 Å². The third-order valence-corrected chi connectivity index (χ3v) is 3.11. The molecule has 1 atom stereocenters. The van der Waals surface area contributed by atoms with Gasteiger partial charge in [0.25, 0.3) is 0 Å². The van der Waals surface area contributed by atoms with Crippen LogP contribution in [0.25, 0.3) is 0 Å². The van der Waals surface area contributed by atoms with Crippen molar-refractivity contribution in [3.05, 3.63) is 22.4 Å². The molecule has 1 heterocycles. The molecule has 0 saturated carbocycles. The second kappa shape index (κ2) is 6.45. The highest BCUT2D eigenvalue weighted by molar-refractivity contribution is 7.10. The molecular weight excluding hydrogens is 206 g/mol. The first-order valence-corrected chi connectivity index (χ1v) is 6.25. The summed E-state index contributed by atoms with van der Waals surface area (Å²) in [6.07, 6.45) is 2.04. The fraction of sp³-hybridized carbons (Fsp3) is 0.545. The number of aliphatic imine (C=N–C) groups is 1. The van der Waals surface area contributed by atoms with E-state index in [4.69, 9.17) is 5.73 Å². The molecule has 15 heavy (non-hydrogen) atoms. The summed E-state index contributed by atoms with van der Waals surface area (Å²) >= 11 is 1.75. The second-order valence-electron chi connectivity index (χ2n) is 3.39. The molecule has 0 fully saturated rings. The molecule has 0 aliphatic heterocycles.